The van der Waals surface area contributed by atoms with Crippen molar-refractivity contribution in [2.45, 2.75) is 41.5 Å². The lowest BCUT2D eigenvalue weighted by Gasteiger charge is -2.38. The molecular formula is C28H47I2N3O. The molecule has 0 spiro atoms. The van der Waals surface area contributed by atoms with Crippen LogP contribution in [0.1, 0.15) is 41.5 Å². The molecule has 0 bridgehead atoms. The molecule has 0 N–H and O–H groups in total. The zero-order valence-electron chi connectivity index (χ0n) is 22.3. The average Bonchev–Trinajstić information content (AvgIpc) is 2.86. The van der Waals surface area contributed by atoms with Gasteiger partial charge in [0, 0.05) is 5.69 Å². The SMILES string of the molecule is CC[N+](CC)(CC)CCOc1ccccc1N(CC[N+](CC)(CC)CC)c1ccccc1.[I-].[I-]. The molecule has 4 nitrogen and oxygen atoms in total. The van der Waals surface area contributed by atoms with Crippen LogP contribution >= 0.6 is 0 Å². The van der Waals surface area contributed by atoms with Crippen LogP contribution in [0.2, 0.25) is 0 Å². The van der Waals surface area contributed by atoms with Crippen LogP contribution in [0.3, 0.4) is 0 Å². The predicted molar refractivity (Wildman–Crippen MR) is 139 cm³/mol. The zero-order valence-corrected chi connectivity index (χ0v) is 26.6. The first-order valence-electron chi connectivity index (χ1n) is 12.8. The number of nitrogens with zero attached hydrogens (tertiary/aromatic N) is 3. The highest BCUT2D eigenvalue weighted by Crippen LogP contribution is 2.34. The van der Waals surface area contributed by atoms with Crippen molar-refractivity contribution < 1.29 is 61.7 Å². The Bertz CT molecular complexity index is 764. The summed E-state index contributed by atoms with van der Waals surface area (Å²) in [5.74, 6) is 0.986. The van der Waals surface area contributed by atoms with E-state index in [1.54, 1.807) is 0 Å². The van der Waals surface area contributed by atoms with Crippen LogP contribution in [0, 0.1) is 0 Å². The van der Waals surface area contributed by atoms with Gasteiger partial charge in [0.05, 0.1) is 58.0 Å². The maximum Gasteiger partial charge on any atom is 0.143 e. The Morgan fingerprint density at radius 3 is 1.62 bits per heavy atom. The molecule has 194 valence electrons. The monoisotopic (exact) mass is 695 g/mol. The maximum absolute atomic E-state index is 6.45. The van der Waals surface area contributed by atoms with E-state index >= 15 is 0 Å². The van der Waals surface area contributed by atoms with E-state index in [1.807, 2.05) is 0 Å². The highest BCUT2D eigenvalue weighted by Gasteiger charge is 2.25. The minimum atomic E-state index is 0. The molecule has 2 aromatic carbocycles. The van der Waals surface area contributed by atoms with Crippen LogP contribution in [0.4, 0.5) is 11.4 Å². The highest BCUT2D eigenvalue weighted by atomic mass is 127. The van der Waals surface area contributed by atoms with Gasteiger partial charge in [0.25, 0.3) is 0 Å². The van der Waals surface area contributed by atoms with Gasteiger partial charge in [-0.1, -0.05) is 30.3 Å². The smallest absolute Gasteiger partial charge is 0.143 e. The van der Waals surface area contributed by atoms with Crippen LogP contribution in [-0.2, 0) is 0 Å². The minimum absolute atomic E-state index is 0. The molecule has 0 fully saturated rings. The van der Waals surface area contributed by atoms with Crippen molar-refractivity contribution in [3.8, 4) is 5.75 Å². The third-order valence-electron chi connectivity index (χ3n) is 7.87. The molecule has 34 heavy (non-hydrogen) atoms. The van der Waals surface area contributed by atoms with Gasteiger partial charge in [-0.2, -0.15) is 0 Å². The van der Waals surface area contributed by atoms with Crippen molar-refractivity contribution in [1.82, 2.24) is 0 Å². The van der Waals surface area contributed by atoms with Crippen LogP contribution in [0.25, 0.3) is 0 Å². The number of halogens is 2. The van der Waals surface area contributed by atoms with Crippen molar-refractivity contribution in [2.75, 3.05) is 70.4 Å². The minimum Gasteiger partial charge on any atom is -1.00 e. The van der Waals surface area contributed by atoms with Gasteiger partial charge in [-0.25, -0.2) is 0 Å². The summed E-state index contributed by atoms with van der Waals surface area (Å²) >= 11 is 0. The van der Waals surface area contributed by atoms with Crippen molar-refractivity contribution in [3.63, 3.8) is 0 Å². The lowest BCUT2D eigenvalue weighted by atomic mass is 10.2. The van der Waals surface area contributed by atoms with Gasteiger partial charge in [0.15, 0.2) is 0 Å². The molecule has 0 aliphatic heterocycles. The molecule has 0 radical (unpaired) electrons. The summed E-state index contributed by atoms with van der Waals surface area (Å²) in [6, 6.07) is 19.3. The summed E-state index contributed by atoms with van der Waals surface area (Å²) in [5, 5.41) is 0. The van der Waals surface area contributed by atoms with E-state index in [0.717, 1.165) is 60.6 Å². The number of para-hydroxylation sites is 3. The molecule has 0 aliphatic rings. The fourth-order valence-corrected chi connectivity index (χ4v) is 4.75. The lowest BCUT2D eigenvalue weighted by Crippen LogP contribution is -3.00. The van der Waals surface area contributed by atoms with E-state index in [4.69, 9.17) is 4.74 Å². The highest BCUT2D eigenvalue weighted by molar-refractivity contribution is 5.69. The van der Waals surface area contributed by atoms with Crippen molar-refractivity contribution in [3.05, 3.63) is 54.6 Å². The Balaban J connectivity index is 0.00000544. The molecule has 0 amide bonds. The summed E-state index contributed by atoms with van der Waals surface area (Å²) in [6.45, 7) is 24.6. The van der Waals surface area contributed by atoms with E-state index < -0.39 is 0 Å². The number of hydrogen-bond acceptors (Lipinski definition) is 2. The standard InChI is InChI=1S/C28H47N3O.2HI/c1-7-30(8-2,9-3)23-22-29(26-18-14-13-15-19-26)27-20-16-17-21-28(27)32-25-24-31(10-4,11-5)12-6;;/h13-21H,7-12,22-25H2,1-6H3;2*1H/q+2;;/p-2. The van der Waals surface area contributed by atoms with E-state index in [2.05, 4.69) is 101 Å². The summed E-state index contributed by atoms with van der Waals surface area (Å²) < 4.78 is 8.69. The Kier molecular flexibility index (Phi) is 16.7. The number of ether oxygens (including phenoxy) is 1. The molecule has 0 heterocycles. The first-order chi connectivity index (χ1) is 15.5. The fourth-order valence-electron chi connectivity index (χ4n) is 4.75. The number of quaternary nitrogens is 2. The molecule has 0 aliphatic carbocycles. The van der Waals surface area contributed by atoms with Crippen molar-refractivity contribution >= 4 is 11.4 Å². The summed E-state index contributed by atoms with van der Waals surface area (Å²) in [5.41, 5.74) is 2.40. The second-order valence-corrected chi connectivity index (χ2v) is 8.83. The third kappa shape index (κ3) is 8.82. The molecule has 0 unspecified atom stereocenters. The Morgan fingerprint density at radius 1 is 0.618 bits per heavy atom. The Hall–Kier alpha value is -0.580. The number of likely N-dealkylation sites (N-methyl/N-ethyl adjacent to an activating group) is 2. The first kappa shape index (κ1) is 33.4. The number of anilines is 2. The van der Waals surface area contributed by atoms with Crippen LogP contribution in [-0.4, -0.2) is 74.5 Å². The van der Waals surface area contributed by atoms with Gasteiger partial charge >= 0.3 is 0 Å². The quantitative estimate of drug-likeness (QED) is 0.192. The topological polar surface area (TPSA) is 12.5 Å². The summed E-state index contributed by atoms with van der Waals surface area (Å²) in [7, 11) is 0. The van der Waals surface area contributed by atoms with E-state index in [1.165, 1.54) is 31.0 Å². The van der Waals surface area contributed by atoms with Gasteiger partial charge < -0.3 is 66.6 Å². The normalized spacial score (nSPS) is 11.4. The second kappa shape index (κ2) is 17.0. The van der Waals surface area contributed by atoms with Gasteiger partial charge in [0.2, 0.25) is 0 Å². The largest absolute Gasteiger partial charge is 1.00 e. The molecule has 0 atom stereocenters. The fraction of sp³-hybridized carbons (Fsp3) is 0.571. The van der Waals surface area contributed by atoms with Gasteiger partial charge in [-0.3, -0.25) is 0 Å². The maximum atomic E-state index is 6.45. The number of benzene rings is 2. The molecule has 0 aromatic heterocycles. The lowest BCUT2D eigenvalue weighted by molar-refractivity contribution is -0.923. The molecular weight excluding hydrogens is 648 g/mol. The number of hydrogen-bond donors (Lipinski definition) is 0. The first-order valence-corrected chi connectivity index (χ1v) is 12.8. The molecule has 0 saturated heterocycles. The second-order valence-electron chi connectivity index (χ2n) is 8.83. The van der Waals surface area contributed by atoms with Crippen molar-refractivity contribution in [2.24, 2.45) is 0 Å². The van der Waals surface area contributed by atoms with Crippen LogP contribution in [0.5, 0.6) is 5.75 Å². The van der Waals surface area contributed by atoms with Gasteiger partial charge in [-0.15, -0.1) is 0 Å². The van der Waals surface area contributed by atoms with Gasteiger partial charge in [-0.05, 0) is 65.8 Å². The predicted octanol–water partition coefficient (Wildman–Crippen LogP) is -0.0355. The van der Waals surface area contributed by atoms with E-state index in [9.17, 15) is 0 Å². The Labute approximate surface area is 243 Å². The Morgan fingerprint density at radius 2 is 1.09 bits per heavy atom. The average molecular weight is 696 g/mol. The van der Waals surface area contributed by atoms with Crippen LogP contribution in [0.15, 0.2) is 54.6 Å². The van der Waals surface area contributed by atoms with Crippen molar-refractivity contribution in [1.29, 1.82) is 0 Å². The molecule has 6 heteroatoms. The van der Waals surface area contributed by atoms with Crippen LogP contribution < -0.4 is 57.6 Å². The molecule has 0 saturated carbocycles. The van der Waals surface area contributed by atoms with E-state index in [0.29, 0.717) is 0 Å². The van der Waals surface area contributed by atoms with Gasteiger partial charge in [0.1, 0.15) is 18.9 Å². The third-order valence-corrected chi connectivity index (χ3v) is 7.87. The molecule has 2 rings (SSSR count). The zero-order chi connectivity index (χ0) is 23.5. The molecule has 2 aromatic rings. The summed E-state index contributed by atoms with van der Waals surface area (Å²) in [4.78, 5) is 2.45. The van der Waals surface area contributed by atoms with E-state index in [-0.39, 0.29) is 48.0 Å². The number of rotatable bonds is 15. The summed E-state index contributed by atoms with van der Waals surface area (Å²) in [6.07, 6.45) is 0.